The van der Waals surface area contributed by atoms with Crippen molar-refractivity contribution in [3.8, 4) is 0 Å². The fraction of sp³-hybridized carbons (Fsp3) is 0.158. The lowest BCUT2D eigenvalue weighted by molar-refractivity contribution is 0.0958. The fourth-order valence-electron chi connectivity index (χ4n) is 3.14. The number of fused-ring (bicyclic) bond motifs is 2. The predicted octanol–water partition coefficient (Wildman–Crippen LogP) is 3.60. The van der Waals surface area contributed by atoms with Crippen LogP contribution in [0.2, 0.25) is 5.02 Å². The van der Waals surface area contributed by atoms with Crippen molar-refractivity contribution in [1.82, 2.24) is 10.3 Å². The van der Waals surface area contributed by atoms with E-state index in [1.807, 2.05) is 37.3 Å². The van der Waals surface area contributed by atoms with E-state index in [0.717, 1.165) is 22.2 Å². The quantitative estimate of drug-likeness (QED) is 0.673. The molecule has 0 radical (unpaired) electrons. The maximum absolute atomic E-state index is 12.2. The summed E-state index contributed by atoms with van der Waals surface area (Å²) in [5.41, 5.74) is 3.68. The highest BCUT2D eigenvalue weighted by atomic mass is 35.5. The molecular formula is C19H16ClN3O2. The van der Waals surface area contributed by atoms with Gasteiger partial charge in [-0.3, -0.25) is 9.59 Å². The van der Waals surface area contributed by atoms with Crippen LogP contribution in [0.5, 0.6) is 0 Å². The molecule has 126 valence electrons. The van der Waals surface area contributed by atoms with Gasteiger partial charge in [0, 0.05) is 39.3 Å². The average molecular weight is 354 g/mol. The number of carbonyl (C=O) groups is 1. The standard InChI is InChI=1S/C19H16ClN3O2/c1-10-15-4-3-14(8-16(15)19(25)22-10)21-9-12-6-11-7-13(20)2-5-17(11)23-18(12)24/h2-8,10,21H,9H2,1H3,(H,22,25)(H,23,24)/t10-/m0/s1. The number of halogens is 1. The van der Waals surface area contributed by atoms with Crippen molar-refractivity contribution in [3.05, 3.63) is 74.5 Å². The first kappa shape index (κ1) is 15.7. The van der Waals surface area contributed by atoms with Gasteiger partial charge in [0.05, 0.1) is 6.04 Å². The summed E-state index contributed by atoms with van der Waals surface area (Å²) >= 11 is 6.02. The molecule has 6 heteroatoms. The number of anilines is 1. The van der Waals surface area contributed by atoms with Gasteiger partial charge in [-0.2, -0.15) is 0 Å². The maximum atomic E-state index is 12.2. The predicted molar refractivity (Wildman–Crippen MR) is 99.2 cm³/mol. The van der Waals surface area contributed by atoms with E-state index in [4.69, 9.17) is 11.6 Å². The van der Waals surface area contributed by atoms with Crippen LogP contribution in [-0.4, -0.2) is 10.9 Å². The smallest absolute Gasteiger partial charge is 0.253 e. The van der Waals surface area contributed by atoms with Crippen LogP contribution >= 0.6 is 11.6 Å². The molecule has 0 saturated heterocycles. The molecule has 1 atom stereocenters. The first-order chi connectivity index (χ1) is 12.0. The number of amides is 1. The second-order valence-corrected chi connectivity index (χ2v) is 6.64. The van der Waals surface area contributed by atoms with E-state index in [-0.39, 0.29) is 17.5 Å². The zero-order valence-corrected chi connectivity index (χ0v) is 14.3. The van der Waals surface area contributed by atoms with Crippen LogP contribution in [0.1, 0.15) is 34.5 Å². The topological polar surface area (TPSA) is 74.0 Å². The minimum Gasteiger partial charge on any atom is -0.381 e. The lowest BCUT2D eigenvalue weighted by Gasteiger charge is -2.09. The van der Waals surface area contributed by atoms with Gasteiger partial charge in [-0.05, 0) is 48.9 Å². The molecule has 2 aromatic carbocycles. The summed E-state index contributed by atoms with van der Waals surface area (Å²) in [6, 6.07) is 12.9. The molecule has 0 fully saturated rings. The Labute approximate surface area is 149 Å². The SMILES string of the molecule is C[C@@H]1NC(=O)c2cc(NCc3cc4cc(Cl)ccc4[nH]c3=O)ccc21. The van der Waals surface area contributed by atoms with E-state index in [1.54, 1.807) is 12.1 Å². The van der Waals surface area contributed by atoms with Gasteiger partial charge >= 0.3 is 0 Å². The molecule has 5 nitrogen and oxygen atoms in total. The Hall–Kier alpha value is -2.79. The molecule has 0 saturated carbocycles. The van der Waals surface area contributed by atoms with Crippen molar-refractivity contribution in [2.24, 2.45) is 0 Å². The summed E-state index contributed by atoms with van der Waals surface area (Å²) in [4.78, 5) is 27.0. The Bertz CT molecular complexity index is 1060. The van der Waals surface area contributed by atoms with Crippen LogP contribution in [0.25, 0.3) is 10.9 Å². The van der Waals surface area contributed by atoms with Crippen LogP contribution in [0, 0.1) is 0 Å². The van der Waals surface area contributed by atoms with E-state index in [1.165, 1.54) is 0 Å². The Morgan fingerprint density at radius 1 is 1.12 bits per heavy atom. The zero-order chi connectivity index (χ0) is 17.6. The second kappa shape index (κ2) is 5.93. The minimum atomic E-state index is -0.144. The first-order valence-electron chi connectivity index (χ1n) is 8.01. The number of aromatic nitrogens is 1. The summed E-state index contributed by atoms with van der Waals surface area (Å²) in [6.07, 6.45) is 0. The summed E-state index contributed by atoms with van der Waals surface area (Å²) in [6.45, 7) is 2.31. The largest absolute Gasteiger partial charge is 0.381 e. The molecule has 1 aliphatic rings. The van der Waals surface area contributed by atoms with Gasteiger partial charge < -0.3 is 15.6 Å². The molecule has 0 unspecified atom stereocenters. The van der Waals surface area contributed by atoms with Gasteiger partial charge in [0.25, 0.3) is 11.5 Å². The highest BCUT2D eigenvalue weighted by Crippen LogP contribution is 2.27. The van der Waals surface area contributed by atoms with Gasteiger partial charge in [0.1, 0.15) is 0 Å². The second-order valence-electron chi connectivity index (χ2n) is 6.21. The fourth-order valence-corrected chi connectivity index (χ4v) is 3.32. The Morgan fingerprint density at radius 2 is 1.96 bits per heavy atom. The minimum absolute atomic E-state index is 0.0321. The van der Waals surface area contributed by atoms with Gasteiger partial charge in [-0.25, -0.2) is 0 Å². The van der Waals surface area contributed by atoms with Crippen molar-refractivity contribution < 1.29 is 4.79 Å². The van der Waals surface area contributed by atoms with E-state index in [9.17, 15) is 9.59 Å². The van der Waals surface area contributed by atoms with Crippen LogP contribution in [0.4, 0.5) is 5.69 Å². The number of rotatable bonds is 3. The maximum Gasteiger partial charge on any atom is 0.253 e. The molecule has 1 amide bonds. The summed E-state index contributed by atoms with van der Waals surface area (Å²) in [5.74, 6) is -0.0654. The third kappa shape index (κ3) is 2.87. The zero-order valence-electron chi connectivity index (χ0n) is 13.5. The lowest BCUT2D eigenvalue weighted by Crippen LogP contribution is -2.16. The van der Waals surface area contributed by atoms with Crippen molar-refractivity contribution >= 4 is 34.1 Å². The van der Waals surface area contributed by atoms with Crippen LogP contribution in [0.3, 0.4) is 0 Å². The van der Waals surface area contributed by atoms with E-state index in [0.29, 0.717) is 22.7 Å². The van der Waals surface area contributed by atoms with Crippen molar-refractivity contribution in [3.63, 3.8) is 0 Å². The summed E-state index contributed by atoms with van der Waals surface area (Å²) in [7, 11) is 0. The average Bonchev–Trinajstić information content (AvgIpc) is 2.87. The van der Waals surface area contributed by atoms with E-state index >= 15 is 0 Å². The highest BCUT2D eigenvalue weighted by Gasteiger charge is 2.25. The third-order valence-corrected chi connectivity index (χ3v) is 4.71. The van der Waals surface area contributed by atoms with Crippen LogP contribution in [0.15, 0.2) is 47.3 Å². The normalized spacial score (nSPS) is 15.9. The van der Waals surface area contributed by atoms with Crippen molar-refractivity contribution in [1.29, 1.82) is 0 Å². The number of benzene rings is 2. The summed E-state index contributed by atoms with van der Waals surface area (Å²) in [5, 5.41) is 7.60. The molecule has 1 aliphatic heterocycles. The number of nitrogens with one attached hydrogen (secondary N) is 3. The molecule has 3 aromatic rings. The number of hydrogen-bond acceptors (Lipinski definition) is 3. The monoisotopic (exact) mass is 353 g/mol. The highest BCUT2D eigenvalue weighted by molar-refractivity contribution is 6.31. The van der Waals surface area contributed by atoms with Gasteiger partial charge in [0.2, 0.25) is 0 Å². The van der Waals surface area contributed by atoms with Crippen molar-refractivity contribution in [2.75, 3.05) is 5.32 Å². The number of aromatic amines is 1. The Morgan fingerprint density at radius 3 is 2.80 bits per heavy atom. The molecule has 0 bridgehead atoms. The molecule has 2 heterocycles. The first-order valence-corrected chi connectivity index (χ1v) is 8.39. The molecule has 25 heavy (non-hydrogen) atoms. The summed E-state index contributed by atoms with van der Waals surface area (Å²) < 4.78 is 0. The van der Waals surface area contributed by atoms with Gasteiger partial charge in [0.15, 0.2) is 0 Å². The van der Waals surface area contributed by atoms with Crippen LogP contribution in [-0.2, 0) is 6.54 Å². The number of carbonyl (C=O) groups excluding carboxylic acids is 1. The number of pyridine rings is 1. The van der Waals surface area contributed by atoms with E-state index in [2.05, 4.69) is 15.6 Å². The molecule has 1 aromatic heterocycles. The van der Waals surface area contributed by atoms with E-state index < -0.39 is 0 Å². The molecular weight excluding hydrogens is 338 g/mol. The van der Waals surface area contributed by atoms with Gasteiger partial charge in [-0.15, -0.1) is 0 Å². The van der Waals surface area contributed by atoms with Gasteiger partial charge in [-0.1, -0.05) is 17.7 Å². The lowest BCUT2D eigenvalue weighted by atomic mass is 10.0. The molecule has 3 N–H and O–H groups in total. The van der Waals surface area contributed by atoms with Crippen molar-refractivity contribution in [2.45, 2.75) is 19.5 Å². The third-order valence-electron chi connectivity index (χ3n) is 4.48. The number of hydrogen-bond donors (Lipinski definition) is 3. The molecule has 4 rings (SSSR count). The van der Waals surface area contributed by atoms with Crippen LogP contribution < -0.4 is 16.2 Å². The number of H-pyrrole nitrogens is 1. The molecule has 0 spiro atoms. The molecule has 0 aliphatic carbocycles. The Balaban J connectivity index is 1.60. The Kier molecular flexibility index (Phi) is 3.73.